The molecular weight excluding hydrogens is 256 g/mol. The maximum atomic E-state index is 12.5. The van der Waals surface area contributed by atoms with Crippen LogP contribution in [-0.4, -0.2) is 23.0 Å². The summed E-state index contributed by atoms with van der Waals surface area (Å²) in [5, 5.41) is 2.70. The van der Waals surface area contributed by atoms with Crippen molar-refractivity contribution in [2.24, 2.45) is 0 Å². The molecule has 2 nitrogen and oxygen atoms in total. The Morgan fingerprint density at radius 1 is 1.41 bits per heavy atom. The van der Waals surface area contributed by atoms with Gasteiger partial charge in [0.05, 0.1) is 6.42 Å². The van der Waals surface area contributed by atoms with Gasteiger partial charge in [0.1, 0.15) is 0 Å². The highest BCUT2D eigenvalue weighted by Crippen LogP contribution is 2.28. The summed E-state index contributed by atoms with van der Waals surface area (Å²) in [6.45, 7) is 0.832. The van der Waals surface area contributed by atoms with E-state index >= 15 is 0 Å². The molecule has 1 aliphatic heterocycles. The summed E-state index contributed by atoms with van der Waals surface area (Å²) in [5.74, 6) is 0. The maximum Gasteiger partial charge on any atom is 0.393 e. The number of nitrogens with one attached hydrogen (secondary N) is 1. The predicted octanol–water partition coefficient (Wildman–Crippen LogP) is 3.23. The molecule has 1 aliphatic rings. The van der Waals surface area contributed by atoms with E-state index in [-0.39, 0.29) is 10.7 Å². The van der Waals surface area contributed by atoms with Gasteiger partial charge in [-0.15, -0.1) is 0 Å². The molecule has 0 fully saturated rings. The van der Waals surface area contributed by atoms with Crippen LogP contribution < -0.4 is 5.32 Å². The summed E-state index contributed by atoms with van der Waals surface area (Å²) in [7, 11) is 0. The van der Waals surface area contributed by atoms with Gasteiger partial charge in [-0.05, 0) is 30.3 Å². The average Bonchev–Trinajstić information content (AvgIpc) is 2.36. The lowest BCUT2D eigenvalue weighted by Crippen LogP contribution is -2.34. The van der Waals surface area contributed by atoms with Crippen molar-refractivity contribution in [3.8, 4) is 0 Å². The quantitative estimate of drug-likeness (QED) is 0.480. The first kappa shape index (κ1) is 14.0. The van der Waals surface area contributed by atoms with Crippen LogP contribution in [0, 0.1) is 0 Å². The molecule has 0 aromatic rings. The van der Waals surface area contributed by atoms with Crippen molar-refractivity contribution < 1.29 is 17.6 Å². The Morgan fingerprint density at radius 2 is 2.06 bits per heavy atom. The molecule has 96 valence electrons. The number of thiocarbonyl (C=S) groups is 1. The van der Waals surface area contributed by atoms with Crippen LogP contribution in [0.4, 0.5) is 17.6 Å². The zero-order chi connectivity index (χ0) is 13.1. The van der Waals surface area contributed by atoms with Gasteiger partial charge in [0.25, 0.3) is 0 Å². The number of hydrogen-bond acceptors (Lipinski definition) is 1. The molecule has 17 heavy (non-hydrogen) atoms. The van der Waals surface area contributed by atoms with E-state index in [1.165, 1.54) is 12.3 Å². The largest absolute Gasteiger partial charge is 0.393 e. The molecule has 0 aliphatic carbocycles. The molecule has 0 radical (unpaired) electrons. The van der Waals surface area contributed by atoms with Gasteiger partial charge in [0, 0.05) is 11.9 Å². The second-order valence-electron chi connectivity index (χ2n) is 3.48. The summed E-state index contributed by atoms with van der Waals surface area (Å²) in [5.41, 5.74) is 0.456. The Bertz CT molecular complexity index is 360. The highest BCUT2D eigenvalue weighted by molar-refractivity contribution is 7.80. The smallest absolute Gasteiger partial charge is 0.336 e. The van der Waals surface area contributed by atoms with Crippen LogP contribution in [-0.2, 0) is 0 Å². The van der Waals surface area contributed by atoms with Gasteiger partial charge in [-0.2, -0.15) is 13.2 Å². The molecular formula is C10H12F4N2S. The van der Waals surface area contributed by atoms with E-state index in [0.29, 0.717) is 12.1 Å². The summed E-state index contributed by atoms with van der Waals surface area (Å²) in [6, 6.07) is 0. The van der Waals surface area contributed by atoms with Crippen LogP contribution in [0.3, 0.4) is 0 Å². The third-order valence-electron chi connectivity index (χ3n) is 2.24. The molecule has 0 unspecified atom stereocenters. The first-order valence-corrected chi connectivity index (χ1v) is 5.38. The van der Waals surface area contributed by atoms with E-state index in [1.807, 2.05) is 0 Å². The van der Waals surface area contributed by atoms with Crippen molar-refractivity contribution in [3.05, 3.63) is 23.5 Å². The normalized spacial score (nSPS) is 17.2. The topological polar surface area (TPSA) is 15.3 Å². The minimum Gasteiger partial charge on any atom is -0.336 e. The summed E-state index contributed by atoms with van der Waals surface area (Å²) < 4.78 is 49.5. The number of allylic oxidation sites excluding steroid dienone is 3. The van der Waals surface area contributed by atoms with Gasteiger partial charge >= 0.3 is 6.18 Å². The molecule has 7 heteroatoms. The van der Waals surface area contributed by atoms with Crippen LogP contribution >= 0.6 is 12.2 Å². The Hall–Kier alpha value is -1.11. The second-order valence-corrected chi connectivity index (χ2v) is 3.87. The minimum absolute atomic E-state index is 0.0674. The molecule has 0 amide bonds. The van der Waals surface area contributed by atoms with Crippen molar-refractivity contribution in [2.45, 2.75) is 25.9 Å². The Morgan fingerprint density at radius 3 is 2.53 bits per heavy atom. The third kappa shape index (κ3) is 3.99. The monoisotopic (exact) mass is 268 g/mol. The molecule has 1 rings (SSSR count). The second kappa shape index (κ2) is 5.48. The van der Waals surface area contributed by atoms with Gasteiger partial charge in [0.15, 0.2) is 11.9 Å². The lowest BCUT2D eigenvalue weighted by atomic mass is 10.1. The Balaban J connectivity index is 2.99. The van der Waals surface area contributed by atoms with Crippen LogP contribution in [0.25, 0.3) is 0 Å². The van der Waals surface area contributed by atoms with E-state index < -0.39 is 19.4 Å². The fourth-order valence-electron chi connectivity index (χ4n) is 1.42. The first-order chi connectivity index (χ1) is 7.87. The number of hydrogen-bond donors (Lipinski definition) is 1. The number of rotatable bonds is 3. The van der Waals surface area contributed by atoms with Crippen LogP contribution in [0.5, 0.6) is 0 Å². The Labute approximate surface area is 102 Å². The average molecular weight is 268 g/mol. The standard InChI is InChI=1S/C10H12F4N2S/c1-2-8-7(5-10(12,13)14)3-4-16(6-11)9(17)15-8/h3-4H,2,5-6H2,1H3,(H,15,17). The van der Waals surface area contributed by atoms with Gasteiger partial charge in [-0.25, -0.2) is 4.39 Å². The molecule has 0 aromatic heterocycles. The zero-order valence-corrected chi connectivity index (χ0v) is 9.96. The van der Waals surface area contributed by atoms with E-state index in [2.05, 4.69) is 5.32 Å². The predicted molar refractivity (Wildman–Crippen MR) is 60.7 cm³/mol. The van der Waals surface area contributed by atoms with Gasteiger partial charge in [0.2, 0.25) is 0 Å². The van der Waals surface area contributed by atoms with Gasteiger partial charge in [-0.1, -0.05) is 6.92 Å². The lowest BCUT2D eigenvalue weighted by molar-refractivity contribution is -0.126. The molecule has 0 saturated heterocycles. The first-order valence-electron chi connectivity index (χ1n) is 4.98. The number of halogens is 4. The van der Waals surface area contributed by atoms with E-state index in [9.17, 15) is 17.6 Å². The number of alkyl halides is 4. The van der Waals surface area contributed by atoms with Crippen LogP contribution in [0.1, 0.15) is 19.8 Å². The lowest BCUT2D eigenvalue weighted by Gasteiger charge is -2.17. The van der Waals surface area contributed by atoms with Crippen molar-refractivity contribution in [1.29, 1.82) is 0 Å². The van der Waals surface area contributed by atoms with Crippen molar-refractivity contribution in [1.82, 2.24) is 10.2 Å². The maximum absolute atomic E-state index is 12.5. The highest BCUT2D eigenvalue weighted by atomic mass is 32.1. The van der Waals surface area contributed by atoms with Gasteiger partial charge in [-0.3, -0.25) is 4.90 Å². The molecule has 0 atom stereocenters. The van der Waals surface area contributed by atoms with Crippen molar-refractivity contribution >= 4 is 17.3 Å². The van der Waals surface area contributed by atoms with E-state index in [1.54, 1.807) is 6.92 Å². The SMILES string of the molecule is CCC1=C(CC(F)(F)F)C=CN(CF)C(=S)N1. The fourth-order valence-corrected chi connectivity index (χ4v) is 1.65. The summed E-state index contributed by atoms with van der Waals surface area (Å²) in [6.07, 6.45) is -2.51. The van der Waals surface area contributed by atoms with Crippen molar-refractivity contribution in [3.63, 3.8) is 0 Å². The summed E-state index contributed by atoms with van der Waals surface area (Å²) >= 11 is 4.86. The Kier molecular flexibility index (Phi) is 4.50. The molecule has 0 bridgehead atoms. The minimum atomic E-state index is -4.30. The molecule has 1 N–H and O–H groups in total. The van der Waals surface area contributed by atoms with Crippen LogP contribution in [0.15, 0.2) is 23.5 Å². The summed E-state index contributed by atoms with van der Waals surface area (Å²) in [4.78, 5) is 1.04. The molecule has 0 saturated carbocycles. The number of nitrogens with zero attached hydrogens (tertiary/aromatic N) is 1. The third-order valence-corrected chi connectivity index (χ3v) is 2.57. The zero-order valence-electron chi connectivity index (χ0n) is 9.14. The van der Waals surface area contributed by atoms with E-state index in [4.69, 9.17) is 12.2 Å². The van der Waals surface area contributed by atoms with Crippen LogP contribution in [0.2, 0.25) is 0 Å². The molecule has 1 heterocycles. The highest BCUT2D eigenvalue weighted by Gasteiger charge is 2.30. The van der Waals surface area contributed by atoms with Gasteiger partial charge < -0.3 is 5.32 Å². The van der Waals surface area contributed by atoms with E-state index in [0.717, 1.165) is 4.90 Å². The molecule has 0 aromatic carbocycles. The molecule has 0 spiro atoms. The van der Waals surface area contributed by atoms with Crippen molar-refractivity contribution in [2.75, 3.05) is 6.80 Å². The fraction of sp³-hybridized carbons (Fsp3) is 0.500.